The molecule has 0 aliphatic heterocycles. The Morgan fingerprint density at radius 2 is 1.54 bits per heavy atom. The maximum Gasteiger partial charge on any atom is 0.335 e. The molecule has 4 aromatic rings. The topological polar surface area (TPSA) is 113 Å². The van der Waals surface area contributed by atoms with E-state index in [-0.39, 0.29) is 33.6 Å². The molecule has 0 saturated carbocycles. The first-order chi connectivity index (χ1) is 18.3. The summed E-state index contributed by atoms with van der Waals surface area (Å²) in [6.07, 6.45) is 1.29. The molecule has 0 saturated heterocycles. The lowest BCUT2D eigenvalue weighted by Crippen LogP contribution is -2.22. The molecule has 8 nitrogen and oxygen atoms in total. The summed E-state index contributed by atoms with van der Waals surface area (Å²) in [5, 5.41) is 14.2. The molecule has 0 spiro atoms. The zero-order valence-corrected chi connectivity index (χ0v) is 21.7. The van der Waals surface area contributed by atoms with Gasteiger partial charge in [-0.1, -0.05) is 32.9 Å². The second kappa shape index (κ2) is 10.5. The van der Waals surface area contributed by atoms with E-state index in [9.17, 15) is 18.8 Å². The van der Waals surface area contributed by atoms with E-state index in [1.165, 1.54) is 42.1 Å². The van der Waals surface area contributed by atoms with Gasteiger partial charge in [0.15, 0.2) is 11.6 Å². The minimum Gasteiger partial charge on any atom is -0.478 e. The number of carbonyl (C=O) groups excluding carboxylic acids is 1. The lowest BCUT2D eigenvalue weighted by Gasteiger charge is -2.19. The standard InChI is InChI=1S/C29H26F2N4O4/c1-29(2,3)18-9-5-16(6-10-18)26(36)34-24-21(30)14-13-20(23(24)31)22-15-35(4)27(37)25(33-22)32-19-11-7-17(8-12-19)28(38)39/h5-15H,1-4H3,(H,32,33)(H,34,36)(H,38,39). The Hall–Kier alpha value is -4.86. The van der Waals surface area contributed by atoms with Crippen molar-refractivity contribution in [2.24, 2.45) is 7.05 Å². The molecule has 0 fully saturated rings. The van der Waals surface area contributed by atoms with Gasteiger partial charge < -0.3 is 20.3 Å². The number of hydrogen-bond donors (Lipinski definition) is 3. The van der Waals surface area contributed by atoms with Gasteiger partial charge in [-0.2, -0.15) is 0 Å². The molecule has 3 aromatic carbocycles. The second-order valence-corrected chi connectivity index (χ2v) is 9.96. The van der Waals surface area contributed by atoms with Crippen LogP contribution in [0.15, 0.2) is 71.7 Å². The maximum absolute atomic E-state index is 15.6. The summed E-state index contributed by atoms with van der Waals surface area (Å²) in [5.41, 5.74) is 0.228. The minimum atomic E-state index is -1.10. The third-order valence-electron chi connectivity index (χ3n) is 6.08. The Morgan fingerprint density at radius 3 is 2.13 bits per heavy atom. The van der Waals surface area contributed by atoms with Gasteiger partial charge in [-0.3, -0.25) is 9.59 Å². The van der Waals surface area contributed by atoms with E-state index in [1.54, 1.807) is 24.3 Å². The number of benzene rings is 3. The number of carbonyl (C=O) groups is 2. The van der Waals surface area contributed by atoms with E-state index in [1.807, 2.05) is 20.8 Å². The van der Waals surface area contributed by atoms with Crippen molar-refractivity contribution in [3.05, 3.63) is 106 Å². The molecule has 39 heavy (non-hydrogen) atoms. The Labute approximate surface area is 223 Å². The minimum absolute atomic E-state index is 0.00397. The van der Waals surface area contributed by atoms with Crippen LogP contribution >= 0.6 is 0 Å². The number of hydrogen-bond acceptors (Lipinski definition) is 5. The monoisotopic (exact) mass is 532 g/mol. The smallest absolute Gasteiger partial charge is 0.335 e. The Bertz CT molecular complexity index is 1620. The van der Waals surface area contributed by atoms with Gasteiger partial charge in [0.1, 0.15) is 11.5 Å². The van der Waals surface area contributed by atoms with E-state index in [0.717, 1.165) is 17.7 Å². The number of amides is 1. The van der Waals surface area contributed by atoms with Crippen molar-refractivity contribution in [2.75, 3.05) is 10.6 Å². The molecule has 0 aliphatic carbocycles. The Morgan fingerprint density at radius 1 is 0.923 bits per heavy atom. The fourth-order valence-electron chi connectivity index (χ4n) is 3.82. The zero-order valence-electron chi connectivity index (χ0n) is 21.7. The van der Waals surface area contributed by atoms with Crippen LogP contribution in [0.2, 0.25) is 0 Å². The molecule has 0 radical (unpaired) electrons. The molecule has 0 aliphatic rings. The lowest BCUT2D eigenvalue weighted by molar-refractivity contribution is 0.0696. The van der Waals surface area contributed by atoms with Crippen LogP contribution < -0.4 is 16.2 Å². The Kier molecular flexibility index (Phi) is 7.31. The summed E-state index contributed by atoms with van der Waals surface area (Å²) in [6.45, 7) is 6.09. The summed E-state index contributed by atoms with van der Waals surface area (Å²) < 4.78 is 31.4. The quantitative estimate of drug-likeness (QED) is 0.293. The first kappa shape index (κ1) is 27.2. The van der Waals surface area contributed by atoms with Gasteiger partial charge in [-0.25, -0.2) is 18.6 Å². The molecule has 1 amide bonds. The second-order valence-electron chi connectivity index (χ2n) is 9.96. The maximum atomic E-state index is 15.6. The highest BCUT2D eigenvalue weighted by Gasteiger charge is 2.21. The first-order valence-electron chi connectivity index (χ1n) is 11.9. The number of rotatable bonds is 6. The normalized spacial score (nSPS) is 11.2. The zero-order chi connectivity index (χ0) is 28.5. The van der Waals surface area contributed by atoms with Crippen molar-refractivity contribution < 1.29 is 23.5 Å². The summed E-state index contributed by atoms with van der Waals surface area (Å²) >= 11 is 0. The first-order valence-corrected chi connectivity index (χ1v) is 11.9. The SMILES string of the molecule is Cn1cc(-c2ccc(F)c(NC(=O)c3ccc(C(C)(C)C)cc3)c2F)nc(Nc2ccc(C(=O)O)cc2)c1=O. The number of carboxylic acids is 1. The largest absolute Gasteiger partial charge is 0.478 e. The van der Waals surface area contributed by atoms with Gasteiger partial charge in [-0.15, -0.1) is 0 Å². The van der Waals surface area contributed by atoms with Gasteiger partial charge >= 0.3 is 5.97 Å². The number of aryl methyl sites for hydroxylation is 1. The van der Waals surface area contributed by atoms with Crippen LogP contribution in [0.4, 0.5) is 26.0 Å². The lowest BCUT2D eigenvalue weighted by atomic mass is 9.87. The van der Waals surface area contributed by atoms with E-state index >= 15 is 4.39 Å². The van der Waals surface area contributed by atoms with Crippen molar-refractivity contribution in [2.45, 2.75) is 26.2 Å². The molecule has 200 valence electrons. The average molecular weight is 533 g/mol. The van der Waals surface area contributed by atoms with Crippen LogP contribution in [0.5, 0.6) is 0 Å². The Balaban J connectivity index is 1.66. The van der Waals surface area contributed by atoms with Crippen molar-refractivity contribution in [3.8, 4) is 11.3 Å². The molecule has 4 rings (SSSR count). The fraction of sp³-hybridized carbons (Fsp3) is 0.172. The van der Waals surface area contributed by atoms with Crippen LogP contribution in [0.1, 0.15) is 47.1 Å². The van der Waals surface area contributed by atoms with Crippen LogP contribution in [-0.4, -0.2) is 26.5 Å². The molecule has 0 unspecified atom stereocenters. The van der Waals surface area contributed by atoms with E-state index in [4.69, 9.17) is 5.11 Å². The number of nitrogens with one attached hydrogen (secondary N) is 2. The number of carboxylic acid groups (broad SMARTS) is 1. The van der Waals surface area contributed by atoms with Crippen LogP contribution in [-0.2, 0) is 12.5 Å². The van der Waals surface area contributed by atoms with Crippen molar-refractivity contribution in [1.29, 1.82) is 0 Å². The van der Waals surface area contributed by atoms with Gasteiger partial charge in [-0.05, 0) is 59.5 Å². The highest BCUT2D eigenvalue weighted by molar-refractivity contribution is 6.04. The van der Waals surface area contributed by atoms with Crippen LogP contribution in [0.3, 0.4) is 0 Å². The molecule has 0 atom stereocenters. The van der Waals surface area contributed by atoms with Gasteiger partial charge in [0, 0.05) is 30.1 Å². The summed E-state index contributed by atoms with van der Waals surface area (Å²) in [7, 11) is 1.44. The molecule has 0 bridgehead atoms. The predicted octanol–water partition coefficient (Wildman–Crippen LogP) is 5.72. The van der Waals surface area contributed by atoms with Gasteiger partial charge in [0.2, 0.25) is 0 Å². The highest BCUT2D eigenvalue weighted by atomic mass is 19.1. The molecule has 1 aromatic heterocycles. The molecule has 10 heteroatoms. The number of halogens is 2. The van der Waals surface area contributed by atoms with Crippen LogP contribution in [0.25, 0.3) is 11.3 Å². The van der Waals surface area contributed by atoms with E-state index < -0.39 is 34.8 Å². The van der Waals surface area contributed by atoms with Crippen LogP contribution in [0, 0.1) is 11.6 Å². The number of aromatic carboxylic acids is 1. The highest BCUT2D eigenvalue weighted by Crippen LogP contribution is 2.30. The average Bonchev–Trinajstić information content (AvgIpc) is 2.89. The fourth-order valence-corrected chi connectivity index (χ4v) is 3.82. The molecule has 1 heterocycles. The molecular weight excluding hydrogens is 506 g/mol. The molecule has 3 N–H and O–H groups in total. The summed E-state index contributed by atoms with van der Waals surface area (Å²) in [4.78, 5) is 40.8. The summed E-state index contributed by atoms with van der Waals surface area (Å²) in [6, 6.07) is 14.5. The number of aromatic nitrogens is 2. The van der Waals surface area contributed by atoms with Crippen molar-refractivity contribution in [1.82, 2.24) is 9.55 Å². The number of nitrogens with zero attached hydrogens (tertiary/aromatic N) is 2. The predicted molar refractivity (Wildman–Crippen MR) is 145 cm³/mol. The third kappa shape index (κ3) is 5.85. The van der Waals surface area contributed by atoms with Gasteiger partial charge in [0.25, 0.3) is 11.5 Å². The van der Waals surface area contributed by atoms with E-state index in [2.05, 4.69) is 15.6 Å². The summed E-state index contributed by atoms with van der Waals surface area (Å²) in [5.74, 6) is -3.98. The number of anilines is 3. The van der Waals surface area contributed by atoms with Crippen molar-refractivity contribution in [3.63, 3.8) is 0 Å². The van der Waals surface area contributed by atoms with E-state index in [0.29, 0.717) is 5.69 Å². The third-order valence-corrected chi connectivity index (χ3v) is 6.08. The van der Waals surface area contributed by atoms with Gasteiger partial charge in [0.05, 0.1) is 11.3 Å². The van der Waals surface area contributed by atoms with Crippen molar-refractivity contribution >= 4 is 29.1 Å². The molecular formula is C29H26F2N4O4.